The average molecular weight is 837 g/mol. The van der Waals surface area contributed by atoms with E-state index in [-0.39, 0.29) is 10.8 Å². The topological polar surface area (TPSA) is 92.3 Å². The van der Waals surface area contributed by atoms with E-state index in [1.54, 1.807) is 0 Å². The summed E-state index contributed by atoms with van der Waals surface area (Å²) in [6, 6.07) is 32.3. The van der Waals surface area contributed by atoms with E-state index in [4.69, 9.17) is 46.1 Å². The molecule has 58 heavy (non-hydrogen) atoms. The maximum atomic E-state index is 6.34. The Morgan fingerprint density at radius 3 is 0.862 bits per heavy atom. The zero-order valence-electron chi connectivity index (χ0n) is 35.1. The lowest BCUT2D eigenvalue weighted by Crippen LogP contribution is -2.19. The summed E-state index contributed by atoms with van der Waals surface area (Å²) in [5.41, 5.74) is 3.86. The van der Waals surface area contributed by atoms with E-state index in [9.17, 15) is 0 Å². The molecule has 0 fully saturated rings. The number of rotatable bonds is 20. The lowest BCUT2D eigenvalue weighted by Gasteiger charge is -2.27. The Bertz CT molecular complexity index is 1490. The van der Waals surface area contributed by atoms with Crippen molar-refractivity contribution in [3.05, 3.63) is 119 Å². The van der Waals surface area contributed by atoms with Crippen LogP contribution in [0.4, 0.5) is 0 Å². The van der Waals surface area contributed by atoms with Crippen LogP contribution in [0.15, 0.2) is 97.1 Å². The second-order valence-corrected chi connectivity index (χ2v) is 17.1. The van der Waals surface area contributed by atoms with E-state index in [0.717, 1.165) is 61.2 Å². The van der Waals surface area contributed by atoms with Crippen molar-refractivity contribution in [3.63, 3.8) is 0 Å². The van der Waals surface area contributed by atoms with Crippen LogP contribution in [-0.2, 0) is 38.8 Å². The van der Waals surface area contributed by atoms with Gasteiger partial charge in [0.25, 0.3) is 0 Å². The van der Waals surface area contributed by atoms with Gasteiger partial charge in [0, 0.05) is 24.0 Å². The minimum Gasteiger partial charge on any atom is -0.418 e. The lowest BCUT2D eigenvalue weighted by molar-refractivity contribution is 0.0346. The smallest absolute Gasteiger partial charge is 0.418 e. The Hall–Kier alpha value is -3.30. The molecule has 0 amide bonds. The van der Waals surface area contributed by atoms with Crippen LogP contribution in [0.3, 0.4) is 0 Å². The molecule has 10 nitrogen and oxygen atoms in total. The first kappa shape index (κ1) is 45.8. The molecule has 0 aromatic heterocycles. The van der Waals surface area contributed by atoms with Gasteiger partial charge >= 0.3 is 17.2 Å². The van der Waals surface area contributed by atoms with Crippen molar-refractivity contribution in [2.24, 2.45) is 0 Å². The van der Waals surface area contributed by atoms with Gasteiger partial charge in [-0.3, -0.25) is 9.05 Å². The van der Waals surface area contributed by atoms with Crippen LogP contribution in [0.1, 0.15) is 89.5 Å². The molecule has 0 atom stereocenters. The van der Waals surface area contributed by atoms with Crippen LogP contribution in [0, 0.1) is 0 Å². The van der Waals surface area contributed by atoms with E-state index >= 15 is 0 Å². The zero-order chi connectivity index (χ0) is 41.1. The molecule has 12 heteroatoms. The summed E-state index contributed by atoms with van der Waals surface area (Å²) < 4.78 is 60.3. The van der Waals surface area contributed by atoms with E-state index in [0.29, 0.717) is 75.9 Å². The molecule has 11 rings (SSSR count). The average Bonchev–Trinajstić information content (AvgIpc) is 3.23. The maximum absolute atomic E-state index is 6.34. The summed E-state index contributed by atoms with van der Waals surface area (Å²) in [4.78, 5) is 0. The van der Waals surface area contributed by atoms with Gasteiger partial charge in [-0.05, 0) is 83.6 Å². The zero-order valence-corrected chi connectivity index (χ0v) is 36.9. The summed E-state index contributed by atoms with van der Waals surface area (Å²) in [6.07, 6.45) is 4.32. The fourth-order valence-electron chi connectivity index (χ4n) is 6.03. The Labute approximate surface area is 348 Å². The summed E-state index contributed by atoms with van der Waals surface area (Å²) >= 11 is 0. The van der Waals surface area contributed by atoms with Gasteiger partial charge in [-0.1, -0.05) is 103 Å². The second kappa shape index (κ2) is 24.1. The predicted molar refractivity (Wildman–Crippen MR) is 231 cm³/mol. The van der Waals surface area contributed by atoms with Crippen LogP contribution >= 0.6 is 17.2 Å². The largest absolute Gasteiger partial charge is 0.463 e. The quantitative estimate of drug-likeness (QED) is 0.0633. The Morgan fingerprint density at radius 2 is 0.603 bits per heavy atom. The first-order chi connectivity index (χ1) is 28.2. The molecule has 316 valence electrons. The fourth-order valence-corrected chi connectivity index (χ4v) is 7.94. The Balaban J connectivity index is 1.33. The minimum absolute atomic E-state index is 0.313. The molecule has 0 aliphatic carbocycles. The summed E-state index contributed by atoms with van der Waals surface area (Å²) in [7, 11) is -3.57. The van der Waals surface area contributed by atoms with Gasteiger partial charge in [0.1, 0.15) is 23.0 Å². The van der Waals surface area contributed by atoms with Gasteiger partial charge in [0.2, 0.25) is 0 Å². The van der Waals surface area contributed by atoms with Crippen LogP contribution in [-0.4, -0.2) is 66.1 Å². The molecule has 7 heterocycles. The molecular weight excluding hydrogens is 774 g/mol. The first-order valence-electron chi connectivity index (χ1n) is 20.5. The summed E-state index contributed by atoms with van der Waals surface area (Å²) in [6.45, 7) is 18.1. The van der Waals surface area contributed by atoms with Crippen molar-refractivity contribution in [2.45, 2.75) is 78.1 Å². The highest BCUT2D eigenvalue weighted by Crippen LogP contribution is 2.45. The van der Waals surface area contributed by atoms with Gasteiger partial charge < -0.3 is 37.0 Å². The molecule has 0 saturated carbocycles. The van der Waals surface area contributed by atoms with Crippen LogP contribution in [0.2, 0.25) is 0 Å². The normalized spacial score (nSPS) is 17.3. The molecular formula is C46H62O10P2. The van der Waals surface area contributed by atoms with Gasteiger partial charge in [-0.2, -0.15) is 0 Å². The molecule has 0 spiro atoms. The van der Waals surface area contributed by atoms with Crippen molar-refractivity contribution in [3.8, 4) is 23.0 Å². The lowest BCUT2D eigenvalue weighted by atomic mass is 9.78. The van der Waals surface area contributed by atoms with E-state index in [1.165, 1.54) is 0 Å². The number of benzene rings is 4. The second-order valence-electron chi connectivity index (χ2n) is 15.0. The van der Waals surface area contributed by atoms with Crippen molar-refractivity contribution < 1.29 is 46.1 Å². The molecule has 8 bridgehead atoms. The van der Waals surface area contributed by atoms with Crippen molar-refractivity contribution in [1.82, 2.24) is 0 Å². The SMILES string of the molecule is CCCCOCCOCCOP1Oc2ccc(cc2)C(C)(C)c2ccc(cc2)OP(OCCOCCOCCCC)Oc2ccc(cc2)C(C)(C)c2ccc(cc2)O1. The summed E-state index contributed by atoms with van der Waals surface area (Å²) in [5.74, 6) is 2.59. The number of ether oxygens (including phenoxy) is 4. The number of unbranched alkanes of at least 4 members (excludes halogenated alkanes) is 2. The van der Waals surface area contributed by atoms with Crippen LogP contribution in [0.25, 0.3) is 0 Å². The van der Waals surface area contributed by atoms with Gasteiger partial charge in [-0.25, -0.2) is 0 Å². The van der Waals surface area contributed by atoms with Crippen LogP contribution < -0.4 is 18.1 Å². The first-order valence-corrected chi connectivity index (χ1v) is 22.7. The number of hydrogen-bond donors (Lipinski definition) is 0. The van der Waals surface area contributed by atoms with Crippen molar-refractivity contribution in [2.75, 3.05) is 66.1 Å². The van der Waals surface area contributed by atoms with Gasteiger partial charge in [-0.15, -0.1) is 0 Å². The van der Waals surface area contributed by atoms with E-state index in [2.05, 4.69) is 90.1 Å². The van der Waals surface area contributed by atoms with Crippen molar-refractivity contribution >= 4 is 17.2 Å². The third-order valence-corrected chi connectivity index (χ3v) is 12.1. The maximum Gasteiger partial charge on any atom is 0.463 e. The van der Waals surface area contributed by atoms with E-state index < -0.39 is 17.2 Å². The number of hydrogen-bond acceptors (Lipinski definition) is 10. The highest BCUT2D eigenvalue weighted by Gasteiger charge is 2.27. The molecule has 4 aromatic carbocycles. The third-order valence-electron chi connectivity index (χ3n) is 9.90. The van der Waals surface area contributed by atoms with E-state index in [1.807, 2.05) is 48.5 Å². The van der Waals surface area contributed by atoms with Gasteiger partial charge in [0.05, 0.1) is 52.9 Å². The summed E-state index contributed by atoms with van der Waals surface area (Å²) in [5, 5.41) is 0. The van der Waals surface area contributed by atoms with Crippen LogP contribution in [0.5, 0.6) is 23.0 Å². The fraction of sp³-hybridized carbons (Fsp3) is 0.478. The predicted octanol–water partition coefficient (Wildman–Crippen LogP) is 11.7. The molecule has 0 N–H and O–H groups in total. The highest BCUT2D eigenvalue weighted by molar-refractivity contribution is 7.42. The van der Waals surface area contributed by atoms with Gasteiger partial charge in [0.15, 0.2) is 0 Å². The highest BCUT2D eigenvalue weighted by atomic mass is 31.2. The Morgan fingerprint density at radius 1 is 0.362 bits per heavy atom. The molecule has 0 radical (unpaired) electrons. The standard InChI is InChI=1S/C46H62O10P2/c1-7-9-27-47-29-31-49-33-35-51-57-53-41-19-11-37(12-20-41)45(3,4)39-15-23-43(24-16-39)55-58(52-36-34-50-32-30-48-28-10-8-2)56-44-25-17-40(18-26-44)46(5,6)38-13-21-42(54-57)22-14-38/h11-26H,7-10,27-36H2,1-6H3. The molecule has 0 unspecified atom stereocenters. The minimum atomic E-state index is -1.79. The monoisotopic (exact) mass is 836 g/mol. The molecule has 4 aromatic rings. The molecule has 7 aliphatic rings. The third kappa shape index (κ3) is 14.5. The van der Waals surface area contributed by atoms with Crippen molar-refractivity contribution in [1.29, 1.82) is 0 Å². The molecule has 7 aliphatic heterocycles. The molecule has 0 saturated heterocycles. The Kier molecular flexibility index (Phi) is 19.0.